The summed E-state index contributed by atoms with van der Waals surface area (Å²) in [7, 11) is 0. The summed E-state index contributed by atoms with van der Waals surface area (Å²) in [5, 5.41) is 9.31. The zero-order valence-electron chi connectivity index (χ0n) is 8.74. The summed E-state index contributed by atoms with van der Waals surface area (Å²) in [6.07, 6.45) is 4.62. The largest absolute Gasteiger partial charge is 0.393 e. The van der Waals surface area contributed by atoms with Gasteiger partial charge >= 0.3 is 0 Å². The van der Waals surface area contributed by atoms with Gasteiger partial charge in [0.25, 0.3) is 0 Å². The minimum atomic E-state index is -0.230. The fourth-order valence-corrected chi connectivity index (χ4v) is 2.06. The molecule has 1 N–H and O–H groups in total. The summed E-state index contributed by atoms with van der Waals surface area (Å²) in [5.74, 6) is 0.795. The molecule has 0 spiro atoms. The first kappa shape index (κ1) is 9.72. The zero-order valence-corrected chi connectivity index (χ0v) is 8.74. The van der Waals surface area contributed by atoms with Crippen LogP contribution < -0.4 is 0 Å². The Morgan fingerprint density at radius 3 is 2.79 bits per heavy atom. The lowest BCUT2D eigenvalue weighted by molar-refractivity contribution is 0.195. The van der Waals surface area contributed by atoms with Gasteiger partial charge in [0.05, 0.1) is 6.10 Å². The van der Waals surface area contributed by atoms with Crippen molar-refractivity contribution in [1.29, 1.82) is 0 Å². The molecular weight excluding hydrogens is 172 g/mol. The maximum absolute atomic E-state index is 9.31. The molecule has 14 heavy (non-hydrogen) atoms. The summed E-state index contributed by atoms with van der Waals surface area (Å²) in [6.45, 7) is 1.84. The van der Waals surface area contributed by atoms with Gasteiger partial charge in [-0.25, -0.2) is 0 Å². The van der Waals surface area contributed by atoms with Gasteiger partial charge < -0.3 is 5.11 Å². The van der Waals surface area contributed by atoms with Gasteiger partial charge in [0.15, 0.2) is 0 Å². The molecule has 1 fully saturated rings. The quantitative estimate of drug-likeness (QED) is 0.777. The topological polar surface area (TPSA) is 20.2 Å². The Hall–Kier alpha value is -0.820. The molecule has 1 atom stereocenters. The molecule has 76 valence electrons. The van der Waals surface area contributed by atoms with Crippen molar-refractivity contribution >= 4 is 0 Å². The molecular formula is C13H18O. The van der Waals surface area contributed by atoms with Gasteiger partial charge in [-0.1, -0.05) is 30.7 Å². The Morgan fingerprint density at radius 1 is 1.43 bits per heavy atom. The number of aliphatic hydroxyl groups is 1. The summed E-state index contributed by atoms with van der Waals surface area (Å²) in [4.78, 5) is 0. The van der Waals surface area contributed by atoms with E-state index in [9.17, 15) is 5.11 Å². The monoisotopic (exact) mass is 190 g/mol. The van der Waals surface area contributed by atoms with E-state index in [4.69, 9.17) is 0 Å². The lowest BCUT2D eigenvalue weighted by Gasteiger charge is -2.26. The summed E-state index contributed by atoms with van der Waals surface area (Å²) < 4.78 is 0. The molecule has 1 saturated carbocycles. The van der Waals surface area contributed by atoms with Gasteiger partial charge in [0.2, 0.25) is 0 Å². The second kappa shape index (κ2) is 4.14. The van der Waals surface area contributed by atoms with E-state index in [0.29, 0.717) is 0 Å². The molecule has 0 amide bonds. The van der Waals surface area contributed by atoms with Crippen molar-refractivity contribution in [3.8, 4) is 0 Å². The second-order valence-electron chi connectivity index (χ2n) is 4.43. The van der Waals surface area contributed by atoms with Crippen LogP contribution in [0.3, 0.4) is 0 Å². The maximum Gasteiger partial charge on any atom is 0.0552 e. The Labute approximate surface area is 85.8 Å². The van der Waals surface area contributed by atoms with E-state index in [1.54, 1.807) is 0 Å². The first-order valence-electron chi connectivity index (χ1n) is 5.52. The van der Waals surface area contributed by atoms with Gasteiger partial charge in [-0.15, -0.1) is 0 Å². The molecule has 0 saturated heterocycles. The highest BCUT2D eigenvalue weighted by atomic mass is 16.3. The molecule has 0 aliphatic heterocycles. The highest BCUT2D eigenvalue weighted by Gasteiger charge is 2.19. The molecule has 1 unspecified atom stereocenters. The molecule has 1 aliphatic rings. The van der Waals surface area contributed by atoms with Gasteiger partial charge in [-0.05, 0) is 43.2 Å². The third kappa shape index (κ3) is 2.16. The second-order valence-corrected chi connectivity index (χ2v) is 4.43. The van der Waals surface area contributed by atoms with Crippen molar-refractivity contribution in [1.82, 2.24) is 0 Å². The highest BCUT2D eigenvalue weighted by Crippen LogP contribution is 2.36. The summed E-state index contributed by atoms with van der Waals surface area (Å²) in [5.41, 5.74) is 2.74. The summed E-state index contributed by atoms with van der Waals surface area (Å²) in [6, 6.07) is 8.70. The number of hydrogen-bond acceptors (Lipinski definition) is 1. The van der Waals surface area contributed by atoms with Crippen LogP contribution in [0.5, 0.6) is 0 Å². The molecule has 1 aliphatic carbocycles. The third-order valence-electron chi connectivity index (χ3n) is 3.06. The van der Waals surface area contributed by atoms with Crippen LogP contribution in [0, 0.1) is 0 Å². The standard InChI is InChI=1S/C13H18O/c1-10(14)8-11-4-2-7-13(9-11)12-5-3-6-12/h2,4,7,9-10,12,14H,3,5-6,8H2,1H3. The Balaban J connectivity index is 2.09. The molecule has 0 radical (unpaired) electrons. The normalized spacial score (nSPS) is 19.0. The number of aliphatic hydroxyl groups excluding tert-OH is 1. The average molecular weight is 190 g/mol. The molecule has 0 bridgehead atoms. The highest BCUT2D eigenvalue weighted by molar-refractivity contribution is 5.28. The van der Waals surface area contributed by atoms with Crippen LogP contribution in [-0.2, 0) is 6.42 Å². The minimum Gasteiger partial charge on any atom is -0.393 e. The van der Waals surface area contributed by atoms with Gasteiger partial charge in [-0.2, -0.15) is 0 Å². The van der Waals surface area contributed by atoms with Crippen LogP contribution >= 0.6 is 0 Å². The van der Waals surface area contributed by atoms with Crippen LogP contribution in [0.15, 0.2) is 24.3 Å². The maximum atomic E-state index is 9.31. The predicted octanol–water partition coefficient (Wildman–Crippen LogP) is 2.88. The van der Waals surface area contributed by atoms with E-state index in [1.165, 1.54) is 30.4 Å². The van der Waals surface area contributed by atoms with Crippen molar-refractivity contribution in [3.63, 3.8) is 0 Å². The van der Waals surface area contributed by atoms with Crippen molar-refractivity contribution in [2.45, 2.75) is 44.6 Å². The molecule has 1 nitrogen and oxygen atoms in total. The predicted molar refractivity (Wildman–Crippen MR) is 58.4 cm³/mol. The lowest BCUT2D eigenvalue weighted by atomic mass is 9.79. The molecule has 0 aromatic heterocycles. The van der Waals surface area contributed by atoms with Gasteiger partial charge in [-0.3, -0.25) is 0 Å². The Morgan fingerprint density at radius 2 is 2.21 bits per heavy atom. The van der Waals surface area contributed by atoms with Gasteiger partial charge in [0, 0.05) is 0 Å². The van der Waals surface area contributed by atoms with E-state index in [0.717, 1.165) is 12.3 Å². The van der Waals surface area contributed by atoms with E-state index in [2.05, 4.69) is 24.3 Å². The lowest BCUT2D eigenvalue weighted by Crippen LogP contribution is -2.10. The fraction of sp³-hybridized carbons (Fsp3) is 0.538. The van der Waals surface area contributed by atoms with Crippen molar-refractivity contribution in [2.24, 2.45) is 0 Å². The van der Waals surface area contributed by atoms with E-state index >= 15 is 0 Å². The number of rotatable bonds is 3. The average Bonchev–Trinajstić information content (AvgIpc) is 1.99. The number of benzene rings is 1. The van der Waals surface area contributed by atoms with Crippen molar-refractivity contribution in [3.05, 3.63) is 35.4 Å². The van der Waals surface area contributed by atoms with Crippen molar-refractivity contribution < 1.29 is 5.11 Å². The molecule has 2 rings (SSSR count). The SMILES string of the molecule is CC(O)Cc1cccc(C2CCC2)c1. The summed E-state index contributed by atoms with van der Waals surface area (Å²) >= 11 is 0. The Bertz CT molecular complexity index is 300. The molecule has 0 heterocycles. The van der Waals surface area contributed by atoms with E-state index in [-0.39, 0.29) is 6.10 Å². The van der Waals surface area contributed by atoms with Crippen LogP contribution in [0.25, 0.3) is 0 Å². The Kier molecular flexibility index (Phi) is 2.87. The first-order valence-corrected chi connectivity index (χ1v) is 5.52. The van der Waals surface area contributed by atoms with Crippen LogP contribution in [-0.4, -0.2) is 11.2 Å². The van der Waals surface area contributed by atoms with E-state index in [1.807, 2.05) is 6.92 Å². The fourth-order valence-electron chi connectivity index (χ4n) is 2.06. The van der Waals surface area contributed by atoms with Crippen LogP contribution in [0.2, 0.25) is 0 Å². The smallest absolute Gasteiger partial charge is 0.0552 e. The minimum absolute atomic E-state index is 0.230. The van der Waals surface area contributed by atoms with E-state index < -0.39 is 0 Å². The van der Waals surface area contributed by atoms with Gasteiger partial charge in [0.1, 0.15) is 0 Å². The van der Waals surface area contributed by atoms with Crippen LogP contribution in [0.4, 0.5) is 0 Å². The third-order valence-corrected chi connectivity index (χ3v) is 3.06. The van der Waals surface area contributed by atoms with Crippen LogP contribution in [0.1, 0.15) is 43.2 Å². The molecule has 1 aromatic carbocycles. The first-order chi connectivity index (χ1) is 6.75. The zero-order chi connectivity index (χ0) is 9.97. The van der Waals surface area contributed by atoms with Crippen molar-refractivity contribution in [2.75, 3.05) is 0 Å². The molecule has 1 aromatic rings. The molecule has 1 heteroatoms. The number of hydrogen-bond donors (Lipinski definition) is 1.